The van der Waals surface area contributed by atoms with Gasteiger partial charge in [0.25, 0.3) is 0 Å². The Morgan fingerprint density at radius 2 is 2.19 bits per heavy atom. The molecule has 1 atom stereocenters. The number of fused-ring (bicyclic) bond motifs is 2. The number of hydrogen-bond donors (Lipinski definition) is 1. The van der Waals surface area contributed by atoms with Crippen molar-refractivity contribution >= 4 is 11.6 Å². The fraction of sp³-hybridized carbons (Fsp3) is 0.462. The molecule has 2 heterocycles. The van der Waals surface area contributed by atoms with Gasteiger partial charge in [-0.1, -0.05) is 18.2 Å². The lowest BCUT2D eigenvalue weighted by Gasteiger charge is -2.49. The largest absolute Gasteiger partial charge is 0.363 e. The Morgan fingerprint density at radius 3 is 3.06 bits per heavy atom. The van der Waals surface area contributed by atoms with Gasteiger partial charge in [0.2, 0.25) is 5.91 Å². The van der Waals surface area contributed by atoms with Gasteiger partial charge in [-0.3, -0.25) is 4.79 Å². The van der Waals surface area contributed by atoms with Gasteiger partial charge < -0.3 is 10.2 Å². The molecule has 1 aromatic carbocycles. The Labute approximate surface area is 95.4 Å². The number of carbonyl (C=O) groups excluding carboxylic acids is 1. The molecule has 0 saturated carbocycles. The first-order valence-corrected chi connectivity index (χ1v) is 5.86. The van der Waals surface area contributed by atoms with Gasteiger partial charge >= 0.3 is 0 Å². The third-order valence-electron chi connectivity index (χ3n) is 3.70. The van der Waals surface area contributed by atoms with Crippen molar-refractivity contribution in [2.24, 2.45) is 0 Å². The number of hydrogen-bond acceptors (Lipinski definition) is 2. The number of anilines is 1. The highest BCUT2D eigenvalue weighted by atomic mass is 16.2. The fourth-order valence-electron chi connectivity index (χ4n) is 2.76. The maximum atomic E-state index is 11.9. The normalized spacial score (nSPS) is 28.1. The summed E-state index contributed by atoms with van der Waals surface area (Å²) in [4.78, 5) is 13.9. The summed E-state index contributed by atoms with van der Waals surface area (Å²) in [5, 5.41) is 3.51. The molecule has 2 aliphatic rings. The third-order valence-corrected chi connectivity index (χ3v) is 3.70. The number of piperidine rings is 1. The topological polar surface area (TPSA) is 32.3 Å². The predicted molar refractivity (Wildman–Crippen MR) is 62.9 cm³/mol. The molecule has 3 heteroatoms. The van der Waals surface area contributed by atoms with Crippen molar-refractivity contribution in [2.75, 3.05) is 5.32 Å². The summed E-state index contributed by atoms with van der Waals surface area (Å²) in [5.74, 6) is 0.274. The monoisotopic (exact) mass is 216 g/mol. The first-order valence-electron chi connectivity index (χ1n) is 5.86. The van der Waals surface area contributed by atoms with Crippen molar-refractivity contribution in [3.63, 3.8) is 0 Å². The summed E-state index contributed by atoms with van der Waals surface area (Å²) in [5.41, 5.74) is 2.22. The average Bonchev–Trinajstić information content (AvgIpc) is 2.27. The molecule has 16 heavy (non-hydrogen) atoms. The Morgan fingerprint density at radius 1 is 1.38 bits per heavy atom. The van der Waals surface area contributed by atoms with Crippen molar-refractivity contribution in [3.8, 4) is 0 Å². The van der Waals surface area contributed by atoms with Crippen LogP contribution in [0.1, 0.15) is 31.7 Å². The van der Waals surface area contributed by atoms with Gasteiger partial charge in [0, 0.05) is 18.7 Å². The highest BCUT2D eigenvalue weighted by molar-refractivity contribution is 5.79. The molecule has 1 N–H and O–H groups in total. The standard InChI is InChI=1S/C13H16N2O/c1-13-8-4-7-12(16)15(13)9-10-5-2-3-6-11(10)14-13/h2-3,5-6,14H,4,7-9H2,1H3. The van der Waals surface area contributed by atoms with Crippen LogP contribution in [0.15, 0.2) is 24.3 Å². The summed E-state index contributed by atoms with van der Waals surface area (Å²) in [6.07, 6.45) is 2.72. The molecule has 1 fully saturated rings. The zero-order chi connectivity index (χ0) is 11.2. The fourth-order valence-corrected chi connectivity index (χ4v) is 2.76. The molecule has 1 saturated heterocycles. The van der Waals surface area contributed by atoms with Crippen molar-refractivity contribution in [1.29, 1.82) is 0 Å². The van der Waals surface area contributed by atoms with Crippen LogP contribution in [0.25, 0.3) is 0 Å². The summed E-state index contributed by atoms with van der Waals surface area (Å²) < 4.78 is 0. The van der Waals surface area contributed by atoms with Crippen LogP contribution in [0, 0.1) is 0 Å². The summed E-state index contributed by atoms with van der Waals surface area (Å²) >= 11 is 0. The maximum Gasteiger partial charge on any atom is 0.224 e. The maximum absolute atomic E-state index is 11.9. The first kappa shape index (κ1) is 9.70. The minimum atomic E-state index is -0.177. The van der Waals surface area contributed by atoms with E-state index in [1.165, 1.54) is 11.3 Å². The quantitative estimate of drug-likeness (QED) is 0.722. The van der Waals surface area contributed by atoms with Crippen LogP contribution in [-0.4, -0.2) is 16.5 Å². The summed E-state index contributed by atoms with van der Waals surface area (Å²) in [6.45, 7) is 2.87. The molecule has 0 aliphatic carbocycles. The van der Waals surface area contributed by atoms with Crippen LogP contribution >= 0.6 is 0 Å². The van der Waals surface area contributed by atoms with Crippen molar-refractivity contribution < 1.29 is 4.79 Å². The van der Waals surface area contributed by atoms with E-state index in [0.29, 0.717) is 6.42 Å². The third kappa shape index (κ3) is 1.31. The predicted octanol–water partition coefficient (Wildman–Crippen LogP) is 2.34. The number of carbonyl (C=O) groups is 1. The lowest BCUT2D eigenvalue weighted by Crippen LogP contribution is -2.59. The second-order valence-electron chi connectivity index (χ2n) is 4.89. The molecular formula is C13H16N2O. The van der Waals surface area contributed by atoms with E-state index in [1.54, 1.807) is 0 Å². The lowest BCUT2D eigenvalue weighted by atomic mass is 9.92. The Balaban J connectivity index is 2.03. The molecule has 3 rings (SSSR count). The minimum absolute atomic E-state index is 0.177. The van der Waals surface area contributed by atoms with Gasteiger partial charge in [0.15, 0.2) is 0 Å². The molecule has 0 radical (unpaired) electrons. The molecule has 1 unspecified atom stereocenters. The Kier molecular flexibility index (Phi) is 1.96. The number of para-hydroxylation sites is 1. The molecule has 0 aromatic heterocycles. The summed E-state index contributed by atoms with van der Waals surface area (Å²) in [7, 11) is 0. The van der Waals surface area contributed by atoms with Gasteiger partial charge in [-0.2, -0.15) is 0 Å². The van der Waals surface area contributed by atoms with Gasteiger partial charge in [0.1, 0.15) is 5.66 Å². The van der Waals surface area contributed by atoms with E-state index in [1.807, 2.05) is 17.0 Å². The van der Waals surface area contributed by atoms with E-state index in [4.69, 9.17) is 0 Å². The van der Waals surface area contributed by atoms with Crippen LogP contribution in [0.4, 0.5) is 5.69 Å². The van der Waals surface area contributed by atoms with E-state index in [9.17, 15) is 4.79 Å². The van der Waals surface area contributed by atoms with Gasteiger partial charge in [-0.15, -0.1) is 0 Å². The van der Waals surface area contributed by atoms with Crippen LogP contribution < -0.4 is 5.32 Å². The van der Waals surface area contributed by atoms with Crippen LogP contribution in [0.5, 0.6) is 0 Å². The molecule has 1 aromatic rings. The van der Waals surface area contributed by atoms with Crippen molar-refractivity contribution in [3.05, 3.63) is 29.8 Å². The van der Waals surface area contributed by atoms with Crippen LogP contribution in [0.2, 0.25) is 0 Å². The van der Waals surface area contributed by atoms with Gasteiger partial charge in [0.05, 0.1) is 0 Å². The highest BCUT2D eigenvalue weighted by Crippen LogP contribution is 2.37. The van der Waals surface area contributed by atoms with E-state index in [-0.39, 0.29) is 11.6 Å². The first-order chi connectivity index (χ1) is 7.69. The molecule has 1 amide bonds. The van der Waals surface area contributed by atoms with Gasteiger partial charge in [-0.05, 0) is 31.4 Å². The average molecular weight is 216 g/mol. The second kappa shape index (κ2) is 3.24. The minimum Gasteiger partial charge on any atom is -0.363 e. The number of nitrogens with zero attached hydrogens (tertiary/aromatic N) is 1. The second-order valence-corrected chi connectivity index (χ2v) is 4.89. The Hall–Kier alpha value is -1.51. The summed E-state index contributed by atoms with van der Waals surface area (Å²) in [6, 6.07) is 8.24. The van der Waals surface area contributed by atoms with E-state index in [0.717, 1.165) is 19.4 Å². The van der Waals surface area contributed by atoms with E-state index < -0.39 is 0 Å². The SMILES string of the molecule is CC12CCCC(=O)N1Cc1ccccc1N2. The van der Waals surface area contributed by atoms with E-state index >= 15 is 0 Å². The lowest BCUT2D eigenvalue weighted by molar-refractivity contribution is -0.141. The van der Waals surface area contributed by atoms with Crippen molar-refractivity contribution in [2.45, 2.75) is 38.4 Å². The van der Waals surface area contributed by atoms with Crippen molar-refractivity contribution in [1.82, 2.24) is 4.90 Å². The molecule has 84 valence electrons. The number of nitrogens with one attached hydrogen (secondary N) is 1. The molecule has 0 bridgehead atoms. The molecule has 3 nitrogen and oxygen atoms in total. The zero-order valence-electron chi connectivity index (χ0n) is 9.49. The zero-order valence-corrected chi connectivity index (χ0v) is 9.49. The Bertz CT molecular complexity index is 443. The van der Waals surface area contributed by atoms with Crippen LogP contribution in [-0.2, 0) is 11.3 Å². The number of benzene rings is 1. The highest BCUT2D eigenvalue weighted by Gasteiger charge is 2.41. The number of rotatable bonds is 0. The smallest absolute Gasteiger partial charge is 0.224 e. The van der Waals surface area contributed by atoms with Crippen LogP contribution in [0.3, 0.4) is 0 Å². The molecule has 2 aliphatic heterocycles. The molecule has 0 spiro atoms. The molecular weight excluding hydrogens is 200 g/mol. The number of amides is 1. The van der Waals surface area contributed by atoms with E-state index in [2.05, 4.69) is 24.4 Å². The van der Waals surface area contributed by atoms with Gasteiger partial charge in [-0.25, -0.2) is 0 Å².